The van der Waals surface area contributed by atoms with Crippen molar-refractivity contribution in [1.29, 1.82) is 0 Å². The largest absolute Gasteiger partial charge is 0.306 e. The topological polar surface area (TPSA) is 52.4 Å². The summed E-state index contributed by atoms with van der Waals surface area (Å²) in [6.07, 6.45) is 0. The van der Waals surface area contributed by atoms with Crippen molar-refractivity contribution in [1.82, 2.24) is 0 Å². The number of rotatable bonds is 1. The van der Waals surface area contributed by atoms with E-state index in [-0.39, 0.29) is 0 Å². The van der Waals surface area contributed by atoms with Crippen molar-refractivity contribution in [2.45, 2.75) is 0 Å². The van der Waals surface area contributed by atoms with E-state index in [0.717, 1.165) is 0 Å². The Morgan fingerprint density at radius 3 is 2.20 bits per heavy atom. The second-order valence-electron chi connectivity index (χ2n) is 0.329. The molecule has 5 heavy (non-hydrogen) atoms. The van der Waals surface area contributed by atoms with Crippen LogP contribution in [0.25, 0.3) is 0 Å². The van der Waals surface area contributed by atoms with Gasteiger partial charge in [-0.3, -0.25) is 0 Å². The van der Waals surface area contributed by atoms with Gasteiger partial charge in [0.05, 0.1) is 0 Å². The van der Waals surface area contributed by atoms with E-state index >= 15 is 0 Å². The fourth-order valence-electron chi connectivity index (χ4n) is 0. The number of hydrogen-bond acceptors (Lipinski definition) is 3. The highest BCUT2D eigenvalue weighted by Gasteiger charge is 1.78. The van der Waals surface area contributed by atoms with Gasteiger partial charge in [0.1, 0.15) is 0 Å². The monoisotopic (exact) mass is 75.0 g/mol. The van der Waals surface area contributed by atoms with Gasteiger partial charge in [0.15, 0.2) is 7.11 Å². The van der Waals surface area contributed by atoms with Crippen molar-refractivity contribution in [3.8, 4) is 0 Å². The summed E-state index contributed by atoms with van der Waals surface area (Å²) < 4.78 is 0. The maximum Gasteiger partial charge on any atom is 0.294 e. The van der Waals surface area contributed by atoms with Gasteiger partial charge in [-0.15, -0.1) is 10.1 Å². The molecule has 2 radical (unpaired) electrons. The minimum absolute atomic E-state index is 1.10. The van der Waals surface area contributed by atoms with Gasteiger partial charge in [-0.05, 0) is 0 Å². The maximum absolute atomic E-state index is 8.83. The van der Waals surface area contributed by atoms with Gasteiger partial charge in [-0.2, -0.15) is 0 Å². The van der Waals surface area contributed by atoms with Gasteiger partial charge in [-0.25, -0.2) is 0 Å². The summed E-state index contributed by atoms with van der Waals surface area (Å²) in [6, 6.07) is 0. The van der Waals surface area contributed by atoms with Crippen LogP contribution in [-0.2, 0) is 4.84 Å². The van der Waals surface area contributed by atoms with Crippen molar-refractivity contribution in [3.63, 3.8) is 0 Å². The molecule has 0 unspecified atom stereocenters. The molecule has 0 aromatic rings. The normalized spacial score (nSPS) is 6.60. The van der Waals surface area contributed by atoms with E-state index in [2.05, 4.69) is 11.9 Å². The molecular formula is CHNO3. The minimum Gasteiger partial charge on any atom is -0.306 e. The molecule has 0 aliphatic rings. The molecular weight excluding hydrogens is 74.0 g/mol. The highest BCUT2D eigenvalue weighted by Crippen LogP contribution is 1.60. The van der Waals surface area contributed by atoms with Crippen LogP contribution in [0.3, 0.4) is 0 Å². The second kappa shape index (κ2) is 1.51. The van der Waals surface area contributed by atoms with Crippen LogP contribution in [0.4, 0.5) is 0 Å². The lowest BCUT2D eigenvalue weighted by Gasteiger charge is -1.73. The van der Waals surface area contributed by atoms with E-state index < -0.39 is 5.09 Å². The van der Waals surface area contributed by atoms with Crippen molar-refractivity contribution < 1.29 is 9.92 Å². The molecule has 4 nitrogen and oxygen atoms in total. The molecule has 0 amide bonds. The molecule has 0 aromatic heterocycles. The predicted octanol–water partition coefficient (Wildman–Crippen LogP) is -0.137. The summed E-state index contributed by atoms with van der Waals surface area (Å²) in [5.74, 6) is 0. The lowest BCUT2D eigenvalue weighted by atomic mass is 11.7. The predicted molar refractivity (Wildman–Crippen MR) is 12.4 cm³/mol. The lowest BCUT2D eigenvalue weighted by Crippen LogP contribution is -1.88. The number of nitrogens with zero attached hydrogens (tertiary/aromatic N) is 1. The summed E-state index contributed by atoms with van der Waals surface area (Å²) in [5.41, 5.74) is 0. The molecule has 0 N–H and O–H groups in total. The Balaban J connectivity index is 2.85. The molecule has 4 heteroatoms. The van der Waals surface area contributed by atoms with E-state index in [1.807, 2.05) is 0 Å². The summed E-state index contributed by atoms with van der Waals surface area (Å²) in [5, 5.41) is 7.73. The van der Waals surface area contributed by atoms with Gasteiger partial charge >= 0.3 is 0 Å². The molecule has 0 saturated carbocycles. The summed E-state index contributed by atoms with van der Waals surface area (Å²) >= 11 is 0. The summed E-state index contributed by atoms with van der Waals surface area (Å²) in [6.45, 7) is 0. The average molecular weight is 75.0 g/mol. The zero-order chi connectivity index (χ0) is 4.28. The van der Waals surface area contributed by atoms with Crippen LogP contribution in [0.5, 0.6) is 0 Å². The van der Waals surface area contributed by atoms with E-state index in [1.54, 1.807) is 0 Å². The zero-order valence-corrected chi connectivity index (χ0v) is 2.25. The lowest BCUT2D eigenvalue weighted by molar-refractivity contribution is -0.740. The first-order chi connectivity index (χ1) is 2.27. The second-order valence-corrected chi connectivity index (χ2v) is 0.329. The third-order valence-corrected chi connectivity index (χ3v) is 0.0861. The van der Waals surface area contributed by atoms with Crippen LogP contribution in [0, 0.1) is 17.2 Å². The summed E-state index contributed by atoms with van der Waals surface area (Å²) in [7, 11) is 3.97. The van der Waals surface area contributed by atoms with Gasteiger partial charge in [-0.1, -0.05) is 0 Å². The molecule has 0 rings (SSSR count). The molecule has 0 spiro atoms. The van der Waals surface area contributed by atoms with Crippen LogP contribution >= 0.6 is 0 Å². The van der Waals surface area contributed by atoms with Gasteiger partial charge in [0.2, 0.25) is 0 Å². The maximum atomic E-state index is 8.83. The molecule has 0 fully saturated rings. The molecule has 0 saturated heterocycles. The third kappa shape index (κ3) is 3.20. The Kier molecular flexibility index (Phi) is 1.27. The molecule has 0 heterocycles. The fourth-order valence-corrected chi connectivity index (χ4v) is 0. The first-order valence-corrected chi connectivity index (χ1v) is 0.783. The van der Waals surface area contributed by atoms with E-state index in [9.17, 15) is 0 Å². The first-order valence-electron chi connectivity index (χ1n) is 0.783. The summed E-state index contributed by atoms with van der Waals surface area (Å²) in [4.78, 5) is 11.8. The van der Waals surface area contributed by atoms with E-state index in [4.69, 9.17) is 10.1 Å². The van der Waals surface area contributed by atoms with Crippen LogP contribution < -0.4 is 0 Å². The van der Waals surface area contributed by atoms with Crippen molar-refractivity contribution in [2.24, 2.45) is 0 Å². The Hall–Kier alpha value is -0.800. The van der Waals surface area contributed by atoms with Crippen LogP contribution in [-0.4, -0.2) is 5.09 Å². The molecule has 0 atom stereocenters. The Labute approximate surface area is 28.5 Å². The van der Waals surface area contributed by atoms with Crippen molar-refractivity contribution >= 4 is 0 Å². The quantitative estimate of drug-likeness (QED) is 0.322. The van der Waals surface area contributed by atoms with Crippen molar-refractivity contribution in [3.05, 3.63) is 17.2 Å². The van der Waals surface area contributed by atoms with Gasteiger partial charge in [0.25, 0.3) is 5.09 Å². The Morgan fingerprint density at radius 1 is 2.00 bits per heavy atom. The standard InChI is InChI=1S/CHNO3/c1-5-2(3)4/h1H. The molecule has 0 aliphatic carbocycles. The molecule has 0 bridgehead atoms. The van der Waals surface area contributed by atoms with Crippen molar-refractivity contribution in [2.75, 3.05) is 0 Å². The minimum atomic E-state index is -1.10. The SMILES string of the molecule is [CH]O[N+](=O)[O-]. The van der Waals surface area contributed by atoms with Gasteiger partial charge in [0, 0.05) is 0 Å². The van der Waals surface area contributed by atoms with E-state index in [1.165, 1.54) is 0 Å². The van der Waals surface area contributed by atoms with Crippen LogP contribution in [0.1, 0.15) is 0 Å². The van der Waals surface area contributed by atoms with Gasteiger partial charge < -0.3 is 4.84 Å². The highest BCUT2D eigenvalue weighted by molar-refractivity contribution is 3.90. The molecule has 28 valence electrons. The zero-order valence-electron chi connectivity index (χ0n) is 2.25. The fraction of sp³-hybridized carbons (Fsp3) is 0. The third-order valence-electron chi connectivity index (χ3n) is 0.0861. The molecule has 0 aromatic carbocycles. The van der Waals surface area contributed by atoms with Crippen LogP contribution in [0.2, 0.25) is 0 Å². The van der Waals surface area contributed by atoms with E-state index in [0.29, 0.717) is 0 Å². The van der Waals surface area contributed by atoms with Crippen LogP contribution in [0.15, 0.2) is 0 Å². The Morgan fingerprint density at radius 2 is 2.20 bits per heavy atom. The molecule has 0 aliphatic heterocycles. The Bertz CT molecular complexity index is 42.2. The highest BCUT2D eigenvalue weighted by atomic mass is 16.9. The smallest absolute Gasteiger partial charge is 0.294 e. The first kappa shape index (κ1) is 4.20. The number of hydrogen-bond donors (Lipinski definition) is 0. The average Bonchev–Trinajstić information content (AvgIpc) is 1.38.